The standard InChI is InChI=1S/2Al.2Na.3O3Si.2Zn.2H/c;;;;3*1-4(2)3;;;;/q2*+3;;;3*-2;;;;. The molecule has 80 valence electrons. The van der Waals surface area contributed by atoms with Gasteiger partial charge >= 0.3 is 93.8 Å². The van der Waals surface area contributed by atoms with Crippen molar-refractivity contribution >= 4 is 121 Å². The van der Waals surface area contributed by atoms with Gasteiger partial charge in [0, 0.05) is 66.5 Å². The van der Waals surface area contributed by atoms with E-state index in [2.05, 4.69) is 0 Å². The molecule has 0 atom stereocenters. The van der Waals surface area contributed by atoms with Crippen LogP contribution in [0.1, 0.15) is 0 Å². The van der Waals surface area contributed by atoms with Gasteiger partial charge in [-0.05, 0) is 0 Å². The van der Waals surface area contributed by atoms with Crippen LogP contribution in [0.4, 0.5) is 0 Å². The van der Waals surface area contributed by atoms with E-state index >= 15 is 0 Å². The summed E-state index contributed by atoms with van der Waals surface area (Å²) in [6, 6.07) is 0. The van der Waals surface area contributed by atoms with E-state index < -0.39 is 27.5 Å². The Kier molecular flexibility index (Phi) is 162. The van der Waals surface area contributed by atoms with Crippen molar-refractivity contribution in [3.63, 3.8) is 0 Å². The van der Waals surface area contributed by atoms with Gasteiger partial charge in [0.05, 0.1) is 0 Å². The number of hydrogen-bond acceptors (Lipinski definition) is 9. The second-order valence-electron chi connectivity index (χ2n) is 0.750. The van der Waals surface area contributed by atoms with Crippen LogP contribution in [-0.2, 0) is 52.3 Å². The smallest absolute Gasteiger partial charge is 0 e. The van der Waals surface area contributed by atoms with Crippen molar-refractivity contribution in [1.29, 1.82) is 0 Å². The summed E-state index contributed by atoms with van der Waals surface area (Å²) in [6.45, 7) is 0. The molecule has 0 amide bonds. The molecule has 18 heteroatoms. The van der Waals surface area contributed by atoms with Crippen LogP contribution < -0.4 is 28.8 Å². The van der Waals surface area contributed by atoms with Gasteiger partial charge in [0.2, 0.25) is 0 Å². The first-order valence-corrected chi connectivity index (χ1v) is 5.51. The molecule has 0 heterocycles. The van der Waals surface area contributed by atoms with Crippen LogP contribution in [0.2, 0.25) is 0 Å². The molecule has 0 spiro atoms. The summed E-state index contributed by atoms with van der Waals surface area (Å²) in [5.41, 5.74) is 0. The third kappa shape index (κ3) is 632. The van der Waals surface area contributed by atoms with Crippen LogP contribution in [0.5, 0.6) is 0 Å². The second-order valence-corrected chi connectivity index (χ2v) is 2.25. The average Bonchev–Trinajstić information content (AvgIpc) is 1.54. The second kappa shape index (κ2) is 50.0. The summed E-state index contributed by atoms with van der Waals surface area (Å²) in [5, 5.41) is 0. The number of rotatable bonds is 0. The van der Waals surface area contributed by atoms with Crippen molar-refractivity contribution in [1.82, 2.24) is 0 Å². The summed E-state index contributed by atoms with van der Waals surface area (Å²) in [5.74, 6) is 0. The van der Waals surface area contributed by atoms with Crippen LogP contribution >= 0.6 is 0 Å². The first kappa shape index (κ1) is 58.2. The van der Waals surface area contributed by atoms with Gasteiger partial charge in [0.25, 0.3) is 0 Å². The molecule has 0 unspecified atom stereocenters. The van der Waals surface area contributed by atoms with Gasteiger partial charge in [-0.25, -0.2) is 0 Å². The summed E-state index contributed by atoms with van der Waals surface area (Å²) < 4.78 is 25.6. The molecule has 0 aliphatic rings. The van der Waals surface area contributed by atoms with Crippen LogP contribution in [0.15, 0.2) is 0 Å². The van der Waals surface area contributed by atoms with Crippen LogP contribution in [0.3, 0.4) is 0 Å². The first-order valence-electron chi connectivity index (χ1n) is 1.84. The summed E-state index contributed by atoms with van der Waals surface area (Å²) in [4.78, 5) is 51.1. The van der Waals surface area contributed by atoms with Crippen LogP contribution in [0.25, 0.3) is 0 Å². The van der Waals surface area contributed by atoms with Gasteiger partial charge < -0.3 is 42.2 Å². The Morgan fingerprint density at radius 1 is 0.500 bits per heavy atom. The molecule has 0 saturated carbocycles. The fraction of sp³-hybridized carbons (Fsp3) is 0. The Morgan fingerprint density at radius 3 is 0.500 bits per heavy atom. The predicted molar refractivity (Wildman–Crippen MR) is 45.1 cm³/mol. The maximum absolute atomic E-state index is 8.52. The Balaban J connectivity index is -0.00000000827. The zero-order chi connectivity index (χ0) is 10.7. The molecule has 0 radical (unpaired) electrons. The molecule has 0 saturated heterocycles. The summed E-state index contributed by atoms with van der Waals surface area (Å²) in [7, 11) is -10.9. The SMILES string of the molecule is O=[Si]([O-])[O-].O=[Si]([O-])[O-].O=[Si]([O-])[O-].[Al+3].[Al+3].[NaH].[NaH].[Zn].[Zn]. The summed E-state index contributed by atoms with van der Waals surface area (Å²) in [6.07, 6.45) is 0. The van der Waals surface area contributed by atoms with Crippen molar-refractivity contribution in [2.24, 2.45) is 0 Å². The quantitative estimate of drug-likeness (QED) is 0.316. The molecule has 0 aromatic heterocycles. The zero-order valence-electron chi connectivity index (χ0n) is 7.74. The maximum Gasteiger partial charge on any atom is 0 e. The first-order chi connectivity index (χ1) is 5.20. The zero-order valence-corrected chi connectivity index (χ0v) is 19.0. The van der Waals surface area contributed by atoms with Gasteiger partial charge in [0.15, 0.2) is 0 Å². The van der Waals surface area contributed by atoms with Crippen LogP contribution in [0, 0.1) is 0 Å². The maximum atomic E-state index is 8.52. The largest absolute Gasteiger partial charge is 0 e. The number of hydrogen-bond donors (Lipinski definition) is 0. The molecule has 0 aliphatic heterocycles. The minimum absolute atomic E-state index is 0. The molecule has 0 rings (SSSR count). The molecular formula is H2Al2Na2O9Si3Zn2. The van der Waals surface area contributed by atoms with E-state index in [-0.39, 0.29) is 133 Å². The molecule has 0 aromatic rings. The molecule has 0 fully saturated rings. The van der Waals surface area contributed by atoms with Crippen molar-refractivity contribution < 1.29 is 81.1 Å². The van der Waals surface area contributed by atoms with E-state index in [4.69, 9.17) is 42.2 Å². The van der Waals surface area contributed by atoms with E-state index in [1.54, 1.807) is 0 Å². The fourth-order valence-electron chi connectivity index (χ4n) is 0. The van der Waals surface area contributed by atoms with Crippen molar-refractivity contribution in [3.05, 3.63) is 0 Å². The minimum Gasteiger partial charge on any atom is 0 e. The van der Waals surface area contributed by atoms with E-state index in [0.717, 1.165) is 0 Å². The van der Waals surface area contributed by atoms with Crippen molar-refractivity contribution in [2.75, 3.05) is 0 Å². The third-order valence-electron chi connectivity index (χ3n) is 0. The van der Waals surface area contributed by atoms with Crippen molar-refractivity contribution in [2.45, 2.75) is 0 Å². The van der Waals surface area contributed by atoms with Gasteiger partial charge in [-0.2, -0.15) is 0 Å². The van der Waals surface area contributed by atoms with Crippen LogP contribution in [-0.4, -0.2) is 121 Å². The molecule has 18 heavy (non-hydrogen) atoms. The summed E-state index contributed by atoms with van der Waals surface area (Å²) >= 11 is 0. The van der Waals surface area contributed by atoms with Gasteiger partial charge in [-0.1, -0.05) is 0 Å². The predicted octanol–water partition coefficient (Wildman–Crippen LogP) is -10.7. The van der Waals surface area contributed by atoms with Gasteiger partial charge in [-0.3, -0.25) is 0 Å². The molecule has 0 bridgehead atoms. The monoisotopic (exact) mass is 458 g/mol. The van der Waals surface area contributed by atoms with E-state index in [1.165, 1.54) is 0 Å². The molecule has 0 aliphatic carbocycles. The Morgan fingerprint density at radius 2 is 0.500 bits per heavy atom. The van der Waals surface area contributed by atoms with E-state index in [0.29, 0.717) is 0 Å². The van der Waals surface area contributed by atoms with Gasteiger partial charge in [0.1, 0.15) is 0 Å². The Bertz CT molecular complexity index is 133. The fourth-order valence-corrected chi connectivity index (χ4v) is 0. The normalized spacial score (nSPS) is 4.00. The topological polar surface area (TPSA) is 190 Å². The third-order valence-corrected chi connectivity index (χ3v) is 0. The minimum atomic E-state index is -3.63. The average molecular weight is 461 g/mol. The molecular weight excluding hydrogens is 459 g/mol. The molecule has 9 nitrogen and oxygen atoms in total. The van der Waals surface area contributed by atoms with Crippen molar-refractivity contribution in [3.8, 4) is 0 Å². The van der Waals surface area contributed by atoms with E-state index in [1.807, 2.05) is 0 Å². The van der Waals surface area contributed by atoms with Gasteiger partial charge in [-0.15, -0.1) is 0 Å². The molecule has 0 N–H and O–H groups in total. The van der Waals surface area contributed by atoms with E-state index in [9.17, 15) is 0 Å². The molecule has 0 aromatic carbocycles. The Labute approximate surface area is 199 Å². The Hall–Kier alpha value is 3.16.